The summed E-state index contributed by atoms with van der Waals surface area (Å²) in [4.78, 5) is 15.8. The second-order valence-electron chi connectivity index (χ2n) is 7.63. The highest BCUT2D eigenvalue weighted by Crippen LogP contribution is 2.34. The summed E-state index contributed by atoms with van der Waals surface area (Å²) in [5.41, 5.74) is 3.33. The predicted octanol–water partition coefficient (Wildman–Crippen LogP) is 4.18. The van der Waals surface area contributed by atoms with Crippen molar-refractivity contribution >= 4 is 16.9 Å². The molecule has 0 aliphatic carbocycles. The second kappa shape index (κ2) is 8.47. The van der Waals surface area contributed by atoms with E-state index in [0.29, 0.717) is 19.8 Å². The molecule has 0 unspecified atom stereocenters. The van der Waals surface area contributed by atoms with Crippen LogP contribution in [0, 0.1) is 5.92 Å². The number of hydrogen-bond donors (Lipinski definition) is 3. The molecule has 0 saturated heterocycles. The highest BCUT2D eigenvalue weighted by Gasteiger charge is 2.21. The number of aromatic amines is 1. The maximum Gasteiger partial charge on any atom is 0.315 e. The molecule has 6 heteroatoms. The van der Waals surface area contributed by atoms with Gasteiger partial charge in [0, 0.05) is 23.6 Å². The highest BCUT2D eigenvalue weighted by atomic mass is 16.6. The lowest BCUT2D eigenvalue weighted by Crippen LogP contribution is -2.40. The van der Waals surface area contributed by atoms with E-state index in [1.54, 1.807) is 0 Å². The molecule has 1 atom stereocenters. The third-order valence-corrected chi connectivity index (χ3v) is 5.23. The van der Waals surface area contributed by atoms with E-state index in [-0.39, 0.29) is 18.0 Å². The van der Waals surface area contributed by atoms with Gasteiger partial charge in [-0.05, 0) is 41.7 Å². The van der Waals surface area contributed by atoms with Gasteiger partial charge in [0.15, 0.2) is 11.5 Å². The van der Waals surface area contributed by atoms with Crippen LogP contribution in [0.5, 0.6) is 11.5 Å². The zero-order valence-electron chi connectivity index (χ0n) is 16.8. The molecule has 152 valence electrons. The summed E-state index contributed by atoms with van der Waals surface area (Å²) in [6.07, 6.45) is 2.78. The van der Waals surface area contributed by atoms with Crippen molar-refractivity contribution in [1.29, 1.82) is 0 Å². The molecule has 4 rings (SSSR count). The molecule has 0 spiro atoms. The van der Waals surface area contributed by atoms with Gasteiger partial charge in [0.05, 0.1) is 6.04 Å². The van der Waals surface area contributed by atoms with Crippen molar-refractivity contribution in [2.24, 2.45) is 5.92 Å². The van der Waals surface area contributed by atoms with Crippen molar-refractivity contribution in [3.05, 3.63) is 59.8 Å². The van der Waals surface area contributed by atoms with Gasteiger partial charge in [0.1, 0.15) is 13.2 Å². The molecule has 29 heavy (non-hydrogen) atoms. The first-order chi connectivity index (χ1) is 14.1. The molecule has 2 amide bonds. The topological polar surface area (TPSA) is 75.4 Å². The number of nitrogens with one attached hydrogen (secondary N) is 3. The first kappa shape index (κ1) is 19.2. The van der Waals surface area contributed by atoms with Crippen LogP contribution >= 0.6 is 0 Å². The molecule has 0 saturated carbocycles. The summed E-state index contributed by atoms with van der Waals surface area (Å²) in [7, 11) is 0. The lowest BCUT2D eigenvalue weighted by molar-refractivity contribution is 0.171. The van der Waals surface area contributed by atoms with Crippen LogP contribution in [0.1, 0.15) is 31.0 Å². The fraction of sp³-hybridized carbons (Fsp3) is 0.348. The predicted molar refractivity (Wildman–Crippen MR) is 114 cm³/mol. The Balaban J connectivity index is 1.36. The summed E-state index contributed by atoms with van der Waals surface area (Å²) >= 11 is 0. The molecule has 1 aromatic heterocycles. The second-order valence-corrected chi connectivity index (χ2v) is 7.63. The quantitative estimate of drug-likeness (QED) is 0.588. The number of urea groups is 1. The molecule has 0 radical (unpaired) electrons. The van der Waals surface area contributed by atoms with Crippen molar-refractivity contribution in [3.63, 3.8) is 0 Å². The van der Waals surface area contributed by atoms with Crippen molar-refractivity contribution in [1.82, 2.24) is 15.6 Å². The number of H-pyrrole nitrogens is 1. The fourth-order valence-electron chi connectivity index (χ4n) is 3.73. The molecule has 1 aliphatic heterocycles. The normalized spacial score (nSPS) is 14.0. The van der Waals surface area contributed by atoms with Gasteiger partial charge in [-0.3, -0.25) is 0 Å². The van der Waals surface area contributed by atoms with Gasteiger partial charge in [-0.2, -0.15) is 0 Å². The van der Waals surface area contributed by atoms with Crippen LogP contribution < -0.4 is 20.1 Å². The van der Waals surface area contributed by atoms with Crippen LogP contribution in [0.15, 0.2) is 48.7 Å². The van der Waals surface area contributed by atoms with Gasteiger partial charge in [-0.15, -0.1) is 0 Å². The maximum absolute atomic E-state index is 12.5. The average molecular weight is 393 g/mol. The maximum atomic E-state index is 12.5. The zero-order chi connectivity index (χ0) is 20.2. The molecule has 0 bridgehead atoms. The lowest BCUT2D eigenvalue weighted by atomic mass is 9.95. The SMILES string of the molecule is CC(C)[C@@H](NC(=O)NCCc1c[nH]c2ccccc12)c1ccc2c(c1)OCCO2. The molecule has 2 aromatic carbocycles. The third-order valence-electron chi connectivity index (χ3n) is 5.23. The van der Waals surface area contributed by atoms with Crippen LogP contribution in [0.3, 0.4) is 0 Å². The monoisotopic (exact) mass is 393 g/mol. The fourth-order valence-corrected chi connectivity index (χ4v) is 3.73. The van der Waals surface area contributed by atoms with E-state index in [1.165, 1.54) is 10.9 Å². The van der Waals surface area contributed by atoms with Crippen LogP contribution in [0.2, 0.25) is 0 Å². The van der Waals surface area contributed by atoms with Crippen molar-refractivity contribution < 1.29 is 14.3 Å². The number of carbonyl (C=O) groups excluding carboxylic acids is 1. The molecule has 6 nitrogen and oxygen atoms in total. The number of amides is 2. The van der Waals surface area contributed by atoms with Gasteiger partial charge in [-0.25, -0.2) is 4.79 Å². The van der Waals surface area contributed by atoms with Crippen LogP contribution in [0.4, 0.5) is 4.79 Å². The number of benzene rings is 2. The summed E-state index contributed by atoms with van der Waals surface area (Å²) in [5, 5.41) is 7.29. The van der Waals surface area contributed by atoms with E-state index < -0.39 is 0 Å². The Labute approximate surface area is 170 Å². The number of ether oxygens (including phenoxy) is 2. The van der Waals surface area contributed by atoms with Crippen molar-refractivity contribution in [2.75, 3.05) is 19.8 Å². The Morgan fingerprint density at radius 2 is 1.90 bits per heavy atom. The number of fused-ring (bicyclic) bond motifs is 2. The Bertz CT molecular complexity index is 996. The van der Waals surface area contributed by atoms with Crippen LogP contribution in [-0.4, -0.2) is 30.8 Å². The Hall–Kier alpha value is -3.15. The van der Waals surface area contributed by atoms with Gasteiger partial charge >= 0.3 is 6.03 Å². The van der Waals surface area contributed by atoms with Crippen LogP contribution in [-0.2, 0) is 6.42 Å². The van der Waals surface area contributed by atoms with Gasteiger partial charge in [-0.1, -0.05) is 38.1 Å². The molecule has 1 aliphatic rings. The van der Waals surface area contributed by atoms with Crippen molar-refractivity contribution in [2.45, 2.75) is 26.3 Å². The number of carbonyl (C=O) groups is 1. The minimum absolute atomic E-state index is 0.112. The number of rotatable bonds is 6. The Morgan fingerprint density at radius 3 is 2.72 bits per heavy atom. The van der Waals surface area contributed by atoms with E-state index in [0.717, 1.165) is 29.0 Å². The third kappa shape index (κ3) is 4.31. The largest absolute Gasteiger partial charge is 0.486 e. The van der Waals surface area contributed by atoms with E-state index in [9.17, 15) is 4.79 Å². The van der Waals surface area contributed by atoms with E-state index in [2.05, 4.69) is 41.6 Å². The van der Waals surface area contributed by atoms with Crippen molar-refractivity contribution in [3.8, 4) is 11.5 Å². The van der Waals surface area contributed by atoms with Gasteiger partial charge in [0.25, 0.3) is 0 Å². The number of hydrogen-bond acceptors (Lipinski definition) is 3. The highest BCUT2D eigenvalue weighted by molar-refractivity contribution is 5.83. The summed E-state index contributed by atoms with van der Waals surface area (Å²) < 4.78 is 11.3. The molecule has 0 fully saturated rings. The van der Waals surface area contributed by atoms with E-state index >= 15 is 0 Å². The van der Waals surface area contributed by atoms with E-state index in [4.69, 9.17) is 9.47 Å². The van der Waals surface area contributed by atoms with Gasteiger partial charge in [0.2, 0.25) is 0 Å². The van der Waals surface area contributed by atoms with E-state index in [1.807, 2.05) is 36.5 Å². The van der Waals surface area contributed by atoms with Gasteiger partial charge < -0.3 is 25.1 Å². The molecule has 2 heterocycles. The Morgan fingerprint density at radius 1 is 1.10 bits per heavy atom. The lowest BCUT2D eigenvalue weighted by Gasteiger charge is -2.25. The standard InChI is InChI=1S/C23H27N3O3/c1-15(2)22(16-7-8-20-21(13-16)29-12-11-28-20)26-23(27)24-10-9-17-14-25-19-6-4-3-5-18(17)19/h3-8,13-15,22,25H,9-12H2,1-2H3,(H2,24,26,27)/t22-/m1/s1. The summed E-state index contributed by atoms with van der Waals surface area (Å²) in [5.74, 6) is 1.73. The molecule has 3 aromatic rings. The smallest absolute Gasteiger partial charge is 0.315 e. The first-order valence-corrected chi connectivity index (χ1v) is 10.1. The first-order valence-electron chi connectivity index (χ1n) is 10.1. The molecule has 3 N–H and O–H groups in total. The number of para-hydroxylation sites is 1. The summed E-state index contributed by atoms with van der Waals surface area (Å²) in [6.45, 7) is 5.86. The minimum atomic E-state index is -0.168. The minimum Gasteiger partial charge on any atom is -0.486 e. The van der Waals surface area contributed by atoms with Crippen LogP contribution in [0.25, 0.3) is 10.9 Å². The average Bonchev–Trinajstić information content (AvgIpc) is 3.15. The Kier molecular flexibility index (Phi) is 5.60. The molecular weight excluding hydrogens is 366 g/mol. The zero-order valence-corrected chi connectivity index (χ0v) is 16.8. The molecular formula is C23H27N3O3. The number of aromatic nitrogens is 1. The summed E-state index contributed by atoms with van der Waals surface area (Å²) in [6, 6.07) is 13.8.